The minimum Gasteiger partial charge on any atom is -0.383 e. The fourth-order valence-electron chi connectivity index (χ4n) is 2.81. The van der Waals surface area contributed by atoms with Gasteiger partial charge in [0, 0.05) is 11.8 Å². The van der Waals surface area contributed by atoms with Gasteiger partial charge in [-0.05, 0) is 32.0 Å². The summed E-state index contributed by atoms with van der Waals surface area (Å²) >= 11 is 0. The highest BCUT2D eigenvalue weighted by Crippen LogP contribution is 2.26. The van der Waals surface area contributed by atoms with Crippen molar-refractivity contribution in [2.24, 2.45) is 0 Å². The first-order chi connectivity index (χ1) is 10.5. The lowest BCUT2D eigenvalue weighted by atomic mass is 10.1. The molecule has 3 rings (SSSR count). The van der Waals surface area contributed by atoms with Gasteiger partial charge in [0.2, 0.25) is 0 Å². The van der Waals surface area contributed by atoms with Crippen molar-refractivity contribution >= 4 is 9.84 Å². The monoisotopic (exact) mass is 322 g/mol. The SMILES string of the molecule is CS(=O)(=O)c1ccccc1-c1con(C2CCNCC2)c1=O. The van der Waals surface area contributed by atoms with E-state index in [2.05, 4.69) is 5.32 Å². The maximum atomic E-state index is 12.6. The Morgan fingerprint density at radius 1 is 1.18 bits per heavy atom. The van der Waals surface area contributed by atoms with Gasteiger partial charge in [-0.1, -0.05) is 18.2 Å². The second-order valence-electron chi connectivity index (χ2n) is 5.52. The number of hydrogen-bond donors (Lipinski definition) is 1. The summed E-state index contributed by atoms with van der Waals surface area (Å²) in [7, 11) is -3.41. The highest BCUT2D eigenvalue weighted by molar-refractivity contribution is 7.90. The largest absolute Gasteiger partial charge is 0.383 e. The highest BCUT2D eigenvalue weighted by atomic mass is 32.2. The number of benzene rings is 1. The minimum absolute atomic E-state index is 0.0212. The summed E-state index contributed by atoms with van der Waals surface area (Å²) in [4.78, 5) is 12.7. The van der Waals surface area contributed by atoms with Gasteiger partial charge in [0.1, 0.15) is 6.26 Å². The van der Waals surface area contributed by atoms with Crippen LogP contribution in [0.15, 0.2) is 44.7 Å². The van der Waals surface area contributed by atoms with Crippen molar-refractivity contribution in [2.45, 2.75) is 23.8 Å². The van der Waals surface area contributed by atoms with Gasteiger partial charge in [0.05, 0.1) is 16.5 Å². The molecule has 0 radical (unpaired) electrons. The smallest absolute Gasteiger partial charge is 0.290 e. The molecule has 0 amide bonds. The molecule has 22 heavy (non-hydrogen) atoms. The van der Waals surface area contributed by atoms with Crippen LogP contribution in [0.1, 0.15) is 18.9 Å². The summed E-state index contributed by atoms with van der Waals surface area (Å²) in [5, 5.41) is 3.24. The molecule has 0 unspecified atom stereocenters. The topological polar surface area (TPSA) is 81.3 Å². The van der Waals surface area contributed by atoms with Crippen LogP contribution in [-0.2, 0) is 9.84 Å². The number of nitrogens with zero attached hydrogens (tertiary/aromatic N) is 1. The molecule has 1 fully saturated rings. The van der Waals surface area contributed by atoms with Gasteiger partial charge in [-0.25, -0.2) is 8.42 Å². The average Bonchev–Trinajstić information content (AvgIpc) is 2.89. The molecule has 7 heteroatoms. The van der Waals surface area contributed by atoms with Gasteiger partial charge >= 0.3 is 0 Å². The number of sulfone groups is 1. The zero-order valence-electron chi connectivity index (χ0n) is 12.3. The van der Waals surface area contributed by atoms with E-state index in [0.29, 0.717) is 11.1 Å². The number of nitrogens with one attached hydrogen (secondary N) is 1. The molecule has 0 bridgehead atoms. The van der Waals surface area contributed by atoms with E-state index < -0.39 is 9.84 Å². The Morgan fingerprint density at radius 3 is 2.55 bits per heavy atom. The average molecular weight is 322 g/mol. The molecule has 0 saturated carbocycles. The summed E-state index contributed by atoms with van der Waals surface area (Å²) in [6.45, 7) is 1.68. The van der Waals surface area contributed by atoms with E-state index in [9.17, 15) is 13.2 Å². The molecule has 2 heterocycles. The fourth-order valence-corrected chi connectivity index (χ4v) is 3.71. The van der Waals surface area contributed by atoms with Gasteiger partial charge in [-0.2, -0.15) is 4.74 Å². The molecule has 1 aliphatic heterocycles. The summed E-state index contributed by atoms with van der Waals surface area (Å²) in [5.41, 5.74) is 0.411. The molecule has 1 N–H and O–H groups in total. The van der Waals surface area contributed by atoms with Gasteiger partial charge in [0.15, 0.2) is 9.84 Å². The lowest BCUT2D eigenvalue weighted by Crippen LogP contribution is -2.32. The maximum Gasteiger partial charge on any atom is 0.290 e. The first-order valence-corrected chi connectivity index (χ1v) is 9.08. The highest BCUT2D eigenvalue weighted by Gasteiger charge is 2.23. The molecule has 118 valence electrons. The normalized spacial score (nSPS) is 16.8. The van der Waals surface area contributed by atoms with Crippen LogP contribution in [-0.4, -0.2) is 32.5 Å². The number of hydrogen-bond acceptors (Lipinski definition) is 5. The second kappa shape index (κ2) is 5.73. The van der Waals surface area contributed by atoms with E-state index in [0.717, 1.165) is 32.2 Å². The predicted molar refractivity (Wildman–Crippen MR) is 82.7 cm³/mol. The van der Waals surface area contributed by atoms with Crippen LogP contribution >= 0.6 is 0 Å². The van der Waals surface area contributed by atoms with E-state index in [4.69, 9.17) is 4.52 Å². The van der Waals surface area contributed by atoms with Crippen molar-refractivity contribution in [1.29, 1.82) is 0 Å². The zero-order chi connectivity index (χ0) is 15.7. The van der Waals surface area contributed by atoms with Crippen molar-refractivity contribution in [3.8, 4) is 11.1 Å². The predicted octanol–water partition coefficient (Wildman–Crippen LogP) is 1.44. The van der Waals surface area contributed by atoms with Crippen molar-refractivity contribution in [1.82, 2.24) is 10.1 Å². The van der Waals surface area contributed by atoms with Crippen LogP contribution in [0.3, 0.4) is 0 Å². The molecular weight excluding hydrogens is 304 g/mol. The molecule has 1 saturated heterocycles. The Balaban J connectivity index is 2.08. The van der Waals surface area contributed by atoms with Crippen LogP contribution < -0.4 is 10.9 Å². The van der Waals surface area contributed by atoms with Gasteiger partial charge in [-0.3, -0.25) is 4.79 Å². The third-order valence-electron chi connectivity index (χ3n) is 3.93. The van der Waals surface area contributed by atoms with Crippen molar-refractivity contribution in [3.63, 3.8) is 0 Å². The Bertz CT molecular complexity index is 829. The first kappa shape index (κ1) is 15.1. The molecule has 6 nitrogen and oxygen atoms in total. The van der Waals surface area contributed by atoms with E-state index in [1.807, 2.05) is 0 Å². The second-order valence-corrected chi connectivity index (χ2v) is 7.50. The first-order valence-electron chi connectivity index (χ1n) is 7.19. The summed E-state index contributed by atoms with van der Waals surface area (Å²) < 4.78 is 30.6. The van der Waals surface area contributed by atoms with E-state index in [1.165, 1.54) is 17.1 Å². The van der Waals surface area contributed by atoms with Crippen LogP contribution in [0.5, 0.6) is 0 Å². The molecule has 0 atom stereocenters. The van der Waals surface area contributed by atoms with Gasteiger partial charge in [0.25, 0.3) is 5.56 Å². The van der Waals surface area contributed by atoms with Crippen molar-refractivity contribution < 1.29 is 12.9 Å². The Kier molecular flexibility index (Phi) is 3.92. The van der Waals surface area contributed by atoms with Crippen LogP contribution in [0.4, 0.5) is 0 Å². The third kappa shape index (κ3) is 2.74. The summed E-state index contributed by atoms with van der Waals surface area (Å²) in [6.07, 6.45) is 4.13. The molecular formula is C15H18N2O4S. The lowest BCUT2D eigenvalue weighted by Gasteiger charge is -2.21. The Morgan fingerprint density at radius 2 is 1.86 bits per heavy atom. The summed E-state index contributed by atoms with van der Waals surface area (Å²) in [6, 6.07) is 6.52. The van der Waals surface area contributed by atoms with E-state index >= 15 is 0 Å². The van der Waals surface area contributed by atoms with Crippen LogP contribution in [0.2, 0.25) is 0 Å². The van der Waals surface area contributed by atoms with Crippen molar-refractivity contribution in [3.05, 3.63) is 40.9 Å². The molecule has 2 aromatic rings. The number of rotatable bonds is 3. The van der Waals surface area contributed by atoms with Crippen LogP contribution in [0.25, 0.3) is 11.1 Å². The minimum atomic E-state index is -3.41. The standard InChI is InChI=1S/C15H18N2O4S/c1-22(19,20)14-5-3-2-4-12(14)13-10-21-17(15(13)18)11-6-8-16-9-7-11/h2-5,10-11,16H,6-9H2,1H3. The molecule has 1 aliphatic rings. The molecule has 1 aromatic carbocycles. The quantitative estimate of drug-likeness (QED) is 0.924. The molecule has 0 aliphatic carbocycles. The number of piperidine rings is 1. The van der Waals surface area contributed by atoms with E-state index in [-0.39, 0.29) is 16.5 Å². The zero-order valence-corrected chi connectivity index (χ0v) is 13.1. The maximum absolute atomic E-state index is 12.6. The summed E-state index contributed by atoms with van der Waals surface area (Å²) in [5.74, 6) is 0. The third-order valence-corrected chi connectivity index (χ3v) is 5.09. The Labute approximate surface area is 128 Å². The Hall–Kier alpha value is -1.86. The fraction of sp³-hybridized carbons (Fsp3) is 0.400. The van der Waals surface area contributed by atoms with Crippen LogP contribution in [0, 0.1) is 0 Å². The lowest BCUT2D eigenvalue weighted by molar-refractivity contribution is 0.179. The molecule has 0 spiro atoms. The van der Waals surface area contributed by atoms with Gasteiger partial charge < -0.3 is 9.84 Å². The number of aromatic nitrogens is 1. The van der Waals surface area contributed by atoms with E-state index in [1.54, 1.807) is 18.2 Å². The van der Waals surface area contributed by atoms with Gasteiger partial charge in [-0.15, -0.1) is 0 Å². The van der Waals surface area contributed by atoms with Crippen molar-refractivity contribution in [2.75, 3.05) is 19.3 Å². The molecule has 1 aromatic heterocycles.